The molecule has 6 aromatic heterocycles. The molecule has 24 heteroatoms. The largest absolute Gasteiger partial charge is 0.375 e. The van der Waals surface area contributed by atoms with Crippen molar-refractivity contribution in [1.82, 2.24) is 44.6 Å². The van der Waals surface area contributed by atoms with E-state index in [1.807, 2.05) is 37.2 Å². The quantitative estimate of drug-likeness (QED) is 0.0478. The molecule has 0 bridgehead atoms. The van der Waals surface area contributed by atoms with Crippen LogP contribution in [0.4, 0.5) is 47.3 Å². The highest BCUT2D eigenvalue weighted by atomic mass is 19.1. The Balaban J connectivity index is 0.000000127. The van der Waals surface area contributed by atoms with Gasteiger partial charge in [-0.2, -0.15) is 0 Å². The predicted octanol–water partition coefficient (Wildman–Crippen LogP) is 17.0. The second-order valence-corrected chi connectivity index (χ2v) is 38.7. The molecule has 3 saturated carbocycles. The summed E-state index contributed by atoms with van der Waals surface area (Å²) in [6.45, 7) is 47.9. The van der Waals surface area contributed by atoms with Crippen molar-refractivity contribution < 1.29 is 41.6 Å². The lowest BCUT2D eigenvalue weighted by molar-refractivity contribution is -0.0205. The highest BCUT2D eigenvalue weighted by Crippen LogP contribution is 2.38. The molecule has 0 aromatic carbocycles. The first kappa shape index (κ1) is 93.8. The Labute approximate surface area is 735 Å². The summed E-state index contributed by atoms with van der Waals surface area (Å²) in [5.74, 6) is 5.87. The van der Waals surface area contributed by atoms with Gasteiger partial charge in [-0.1, -0.05) is 122 Å². The fourth-order valence-corrected chi connectivity index (χ4v) is 17.5. The summed E-state index contributed by atoms with van der Waals surface area (Å²) in [7, 11) is 0. The topological polar surface area (TPSA) is 162 Å². The molecule has 9 aliphatic heterocycles. The van der Waals surface area contributed by atoms with Crippen molar-refractivity contribution in [2.75, 3.05) is 206 Å². The molecule has 6 aromatic rings. The minimum absolute atomic E-state index is 0.163. The van der Waals surface area contributed by atoms with Crippen LogP contribution in [-0.4, -0.2) is 277 Å². The van der Waals surface area contributed by atoms with Gasteiger partial charge in [-0.05, 0) is 165 Å². The summed E-state index contributed by atoms with van der Waals surface area (Å²) >= 11 is 0. The minimum atomic E-state index is -0.641. The molecule has 12 fully saturated rings. The van der Waals surface area contributed by atoms with Crippen molar-refractivity contribution in [3.05, 3.63) is 144 Å². The van der Waals surface area contributed by atoms with Crippen LogP contribution in [0.1, 0.15) is 230 Å². The number of alkyl halides is 3. The lowest BCUT2D eigenvalue weighted by Gasteiger charge is -2.40. The molecule has 21 nitrogen and oxygen atoms in total. The third-order valence-electron chi connectivity index (χ3n) is 26.1. The van der Waals surface area contributed by atoms with Gasteiger partial charge in [-0.3, -0.25) is 44.6 Å². The number of halogens is 3. The third kappa shape index (κ3) is 30.1. The smallest absolute Gasteiger partial charge is 0.125 e. The summed E-state index contributed by atoms with van der Waals surface area (Å²) in [6, 6.07) is 25.9. The highest BCUT2D eigenvalue weighted by Gasteiger charge is 2.36. The van der Waals surface area contributed by atoms with Gasteiger partial charge in [-0.15, -0.1) is 0 Å². The number of rotatable bonds is 27. The maximum atomic E-state index is 12.9. The Morgan fingerprint density at radius 2 is 0.431 bits per heavy atom. The van der Waals surface area contributed by atoms with Crippen LogP contribution >= 0.6 is 0 Å². The molecule has 0 radical (unpaired) electrons. The van der Waals surface area contributed by atoms with Crippen LogP contribution in [0.25, 0.3) is 0 Å². The SMILES string of the molecule is CC(C)c1ccc(N2CCOC(CCC3CC3)C2)cn1.CC(C)c1ccc(N2CCOC(CN3CC(F)C3)C2)cn1.CC(C)c1ccc(N2CCO[C@@H](CCC3CC3)C2)cn1.CC(C)c1ccc(N2CCO[C@@H](CN3CC(F)C3)C2)cn1.CC(C)c1ccc(N2CCO[C@H](CCC3CC3)C2)cn1.CC(C)c1ccc(N2CCO[C@H](CN3CC(F)C3)C2)cn1. The Hall–Kier alpha value is -6.87. The average Bonchev–Trinajstić information content (AvgIpc) is 1.74. The molecule has 0 N–H and O–H groups in total. The van der Waals surface area contributed by atoms with Gasteiger partial charge in [0.2, 0.25) is 0 Å². The van der Waals surface area contributed by atoms with E-state index in [1.54, 1.807) is 0 Å². The zero-order chi connectivity index (χ0) is 86.3. The molecule has 123 heavy (non-hydrogen) atoms. The first-order valence-corrected chi connectivity index (χ1v) is 47.6. The van der Waals surface area contributed by atoms with E-state index in [0.717, 1.165) is 190 Å². The van der Waals surface area contributed by atoms with Crippen LogP contribution in [0.3, 0.4) is 0 Å². The molecule has 2 unspecified atom stereocenters. The lowest BCUT2D eigenvalue weighted by atomic mass is 10.1. The van der Waals surface area contributed by atoms with Gasteiger partial charge in [0.25, 0.3) is 0 Å². The van der Waals surface area contributed by atoms with Crippen LogP contribution < -0.4 is 29.4 Å². The van der Waals surface area contributed by atoms with Crippen molar-refractivity contribution in [3.8, 4) is 0 Å². The Bertz CT molecular complexity index is 3580. The molecule has 6 atom stereocenters. The van der Waals surface area contributed by atoms with Crippen molar-refractivity contribution >= 4 is 34.1 Å². The van der Waals surface area contributed by atoms with Crippen LogP contribution in [-0.2, 0) is 28.4 Å². The van der Waals surface area contributed by atoms with E-state index >= 15 is 0 Å². The van der Waals surface area contributed by atoms with E-state index in [4.69, 9.17) is 28.4 Å². The summed E-state index contributed by atoms with van der Waals surface area (Å²) in [5, 5.41) is 0. The second kappa shape index (κ2) is 46.7. The molecule has 0 amide bonds. The number of hydrogen-bond acceptors (Lipinski definition) is 21. The number of anilines is 6. The Kier molecular flexibility index (Phi) is 35.6. The van der Waals surface area contributed by atoms with Crippen molar-refractivity contribution in [2.24, 2.45) is 17.8 Å². The standard InChI is InChI=1S/3C17H26N2O.3C16H24FN3O/c3*1-13(2)17-8-6-15(11-18-17)19-9-10-20-16(12-19)7-5-14-3-4-14;3*1-12(2)16-4-3-14(7-18-16)20-5-6-21-15(11-20)10-19-8-13(17)9-19/h3*6,8,11,13-14,16H,3-5,7,9-10,12H2,1-2H3;3*3-4,7,12-13,15H,5-6,8-11H2,1-2H3/t2*16-;;2*15-;/m10.10./s1. The summed E-state index contributed by atoms with van der Waals surface area (Å²) < 4.78 is 73.7. The molecule has 0 spiro atoms. The molecule has 3 aliphatic carbocycles. The molecule has 15 heterocycles. The second-order valence-electron chi connectivity index (χ2n) is 38.7. The highest BCUT2D eigenvalue weighted by molar-refractivity contribution is 5.50. The van der Waals surface area contributed by atoms with Crippen LogP contribution in [0, 0.1) is 17.8 Å². The molecule has 9 saturated heterocycles. The van der Waals surface area contributed by atoms with Crippen molar-refractivity contribution in [1.29, 1.82) is 0 Å². The van der Waals surface area contributed by atoms with Gasteiger partial charge in [-0.25, -0.2) is 13.2 Å². The summed E-state index contributed by atoms with van der Waals surface area (Å²) in [4.78, 5) is 48.0. The van der Waals surface area contributed by atoms with Gasteiger partial charge in [0.05, 0.1) is 148 Å². The zero-order valence-electron chi connectivity index (χ0n) is 76.7. The molecule has 12 aliphatic rings. The van der Waals surface area contributed by atoms with Gasteiger partial charge >= 0.3 is 0 Å². The number of morpholine rings is 6. The molecule has 678 valence electrons. The normalized spacial score (nSPS) is 23.9. The Morgan fingerprint density at radius 3 is 0.585 bits per heavy atom. The lowest BCUT2D eigenvalue weighted by Crippen LogP contribution is -2.55. The van der Waals surface area contributed by atoms with Crippen LogP contribution in [0.15, 0.2) is 110 Å². The van der Waals surface area contributed by atoms with E-state index in [9.17, 15) is 13.2 Å². The van der Waals surface area contributed by atoms with E-state index < -0.39 is 18.5 Å². The molecular formula is C99H150F3N15O6. The van der Waals surface area contributed by atoms with E-state index in [2.05, 4.69) is 230 Å². The van der Waals surface area contributed by atoms with Gasteiger partial charge in [0, 0.05) is 172 Å². The number of aromatic nitrogens is 6. The number of likely N-dealkylation sites (tertiary alicyclic amines) is 3. The van der Waals surface area contributed by atoms with E-state index in [-0.39, 0.29) is 18.3 Å². The zero-order valence-corrected chi connectivity index (χ0v) is 76.7. The minimum Gasteiger partial charge on any atom is -0.375 e. The Morgan fingerprint density at radius 1 is 0.252 bits per heavy atom. The van der Waals surface area contributed by atoms with Crippen LogP contribution in [0.2, 0.25) is 0 Å². The maximum Gasteiger partial charge on any atom is 0.125 e. The number of nitrogens with zero attached hydrogens (tertiary/aromatic N) is 15. The maximum absolute atomic E-state index is 12.9. The van der Waals surface area contributed by atoms with E-state index in [0.29, 0.717) is 93.1 Å². The molecule has 18 rings (SSSR count). The van der Waals surface area contributed by atoms with Crippen LogP contribution in [0.5, 0.6) is 0 Å². The summed E-state index contributed by atoms with van der Waals surface area (Å²) in [6.07, 6.45) is 28.1. The van der Waals surface area contributed by atoms with Crippen molar-refractivity contribution in [3.63, 3.8) is 0 Å². The monoisotopic (exact) mass is 1700 g/mol. The summed E-state index contributed by atoms with van der Waals surface area (Å²) in [5.41, 5.74) is 14.1. The number of hydrogen-bond donors (Lipinski definition) is 0. The van der Waals surface area contributed by atoms with Crippen molar-refractivity contribution in [2.45, 2.75) is 251 Å². The predicted molar refractivity (Wildman–Crippen MR) is 492 cm³/mol. The fourth-order valence-electron chi connectivity index (χ4n) is 17.5. The molecular weight excluding hydrogens is 1550 g/mol. The fraction of sp³-hybridized carbons (Fsp3) is 0.697. The average molecular weight is 1700 g/mol. The first-order valence-electron chi connectivity index (χ1n) is 47.6. The van der Waals surface area contributed by atoms with E-state index in [1.165, 1.54) is 111 Å². The third-order valence-corrected chi connectivity index (χ3v) is 26.1. The van der Waals surface area contributed by atoms with Gasteiger partial charge in [0.15, 0.2) is 0 Å². The number of ether oxygens (including phenoxy) is 6. The van der Waals surface area contributed by atoms with Gasteiger partial charge < -0.3 is 57.8 Å². The number of pyridine rings is 6. The van der Waals surface area contributed by atoms with Gasteiger partial charge in [0.1, 0.15) is 18.5 Å². The first-order chi connectivity index (χ1) is 59.5.